The van der Waals surface area contributed by atoms with E-state index in [0.29, 0.717) is 18.1 Å². The van der Waals surface area contributed by atoms with Crippen LogP contribution < -0.4 is 0 Å². The first-order valence-electron chi connectivity index (χ1n) is 12.6. The molecule has 0 fully saturated rings. The molecular weight excluding hydrogens is 498 g/mol. The topological polar surface area (TPSA) is 48.0 Å². The van der Waals surface area contributed by atoms with Crippen LogP contribution in [0.5, 0.6) is 0 Å². The van der Waals surface area contributed by atoms with E-state index in [0.717, 1.165) is 44.8 Å². The van der Waals surface area contributed by atoms with Gasteiger partial charge < -0.3 is 4.57 Å². The Balaban J connectivity index is 1.31. The molecule has 7 rings (SSSR count). The van der Waals surface area contributed by atoms with Crippen molar-refractivity contribution in [1.29, 1.82) is 0 Å². The van der Waals surface area contributed by atoms with E-state index in [1.54, 1.807) is 11.3 Å². The van der Waals surface area contributed by atoms with Crippen LogP contribution in [0.4, 0.5) is 0 Å². The fourth-order valence-electron chi connectivity index (χ4n) is 5.64. The number of aromatic nitrogens is 4. The molecule has 4 heterocycles. The van der Waals surface area contributed by atoms with Crippen LogP contribution in [0.2, 0.25) is 5.02 Å². The highest BCUT2D eigenvalue weighted by molar-refractivity contribution is 7.15. The molecule has 2 aliphatic rings. The van der Waals surface area contributed by atoms with Gasteiger partial charge >= 0.3 is 0 Å². The predicted molar refractivity (Wildman–Crippen MR) is 150 cm³/mol. The molecule has 182 valence electrons. The summed E-state index contributed by atoms with van der Waals surface area (Å²) in [5.74, 6) is 8.63. The first-order chi connectivity index (χ1) is 18.2. The number of halogens is 1. The monoisotopic (exact) mass is 521 g/mol. The van der Waals surface area contributed by atoms with Crippen LogP contribution in [-0.2, 0) is 25.9 Å². The summed E-state index contributed by atoms with van der Waals surface area (Å²) in [6.45, 7) is 3.11. The molecule has 0 bridgehead atoms. The Bertz CT molecular complexity index is 1770. The third kappa shape index (κ3) is 3.73. The lowest BCUT2D eigenvalue weighted by molar-refractivity contribution is 0.644. The van der Waals surface area contributed by atoms with E-state index >= 15 is 0 Å². The molecule has 0 amide bonds. The Labute approximate surface area is 224 Å². The van der Waals surface area contributed by atoms with Gasteiger partial charge in [-0.3, -0.25) is 9.56 Å². The molecule has 5 nitrogen and oxygen atoms in total. The van der Waals surface area contributed by atoms with Crippen molar-refractivity contribution in [3.8, 4) is 16.8 Å². The number of aryl methyl sites for hydroxylation is 2. The molecule has 0 radical (unpaired) electrons. The van der Waals surface area contributed by atoms with Crippen LogP contribution in [0, 0.1) is 18.8 Å². The van der Waals surface area contributed by atoms with Crippen molar-refractivity contribution in [2.24, 2.45) is 4.99 Å². The summed E-state index contributed by atoms with van der Waals surface area (Å²) >= 11 is 8.26. The number of aliphatic imine (C=N–C) groups is 1. The third-order valence-electron chi connectivity index (χ3n) is 7.30. The summed E-state index contributed by atoms with van der Waals surface area (Å²) in [5.41, 5.74) is 7.09. The van der Waals surface area contributed by atoms with E-state index in [4.69, 9.17) is 16.6 Å². The van der Waals surface area contributed by atoms with Crippen LogP contribution in [-0.4, -0.2) is 25.0 Å². The highest BCUT2D eigenvalue weighted by Gasteiger charge is 2.25. The van der Waals surface area contributed by atoms with E-state index in [1.165, 1.54) is 41.4 Å². The van der Waals surface area contributed by atoms with Crippen molar-refractivity contribution in [3.63, 3.8) is 0 Å². The second-order valence-electron chi connectivity index (χ2n) is 9.51. The standard InChI is InChI=1S/C30H24ClN5S/c1-19-33-34-28-18-32-29(23-12-2-5-13-25(23)31)24-17-20(37-30(24)36(19)28)9-8-16-35-26-14-6-3-10-21(26)22-11-4-7-15-27(22)35/h2-3,5-6,10,12-14,17H,4,7,11,15-16,18H2,1H3. The summed E-state index contributed by atoms with van der Waals surface area (Å²) in [6.07, 6.45) is 4.82. The van der Waals surface area contributed by atoms with Gasteiger partial charge in [0, 0.05) is 32.7 Å². The number of rotatable bonds is 2. The van der Waals surface area contributed by atoms with Crippen molar-refractivity contribution >= 4 is 39.6 Å². The fraction of sp³-hybridized carbons (Fsp3) is 0.233. The Kier molecular flexibility index (Phi) is 5.49. The van der Waals surface area contributed by atoms with Gasteiger partial charge in [-0.05, 0) is 56.4 Å². The van der Waals surface area contributed by atoms with E-state index < -0.39 is 0 Å². The molecule has 5 aromatic rings. The van der Waals surface area contributed by atoms with Crippen LogP contribution in [0.25, 0.3) is 15.9 Å². The fourth-order valence-corrected chi connectivity index (χ4v) is 6.97. The minimum atomic E-state index is 0.454. The van der Waals surface area contributed by atoms with Crippen molar-refractivity contribution in [2.75, 3.05) is 0 Å². The molecule has 37 heavy (non-hydrogen) atoms. The van der Waals surface area contributed by atoms with Gasteiger partial charge in [-0.1, -0.05) is 59.8 Å². The van der Waals surface area contributed by atoms with Crippen molar-refractivity contribution in [2.45, 2.75) is 45.7 Å². The van der Waals surface area contributed by atoms with Gasteiger partial charge in [-0.25, -0.2) is 0 Å². The van der Waals surface area contributed by atoms with Crippen LogP contribution in [0.15, 0.2) is 59.6 Å². The Morgan fingerprint density at radius 1 is 1.00 bits per heavy atom. The van der Waals surface area contributed by atoms with Crippen LogP contribution >= 0.6 is 22.9 Å². The number of nitrogens with zero attached hydrogens (tertiary/aromatic N) is 5. The lowest BCUT2D eigenvalue weighted by atomic mass is 9.96. The van der Waals surface area contributed by atoms with Gasteiger partial charge in [0.1, 0.15) is 17.4 Å². The second kappa shape index (κ2) is 9.02. The number of para-hydroxylation sites is 1. The molecule has 2 aromatic carbocycles. The first kappa shape index (κ1) is 22.5. The van der Waals surface area contributed by atoms with Crippen molar-refractivity contribution < 1.29 is 0 Å². The second-order valence-corrected chi connectivity index (χ2v) is 10.9. The predicted octanol–water partition coefficient (Wildman–Crippen LogP) is 6.53. The molecule has 3 aromatic heterocycles. The number of fused-ring (bicyclic) bond motifs is 6. The van der Waals surface area contributed by atoms with Crippen LogP contribution in [0.3, 0.4) is 0 Å². The zero-order chi connectivity index (χ0) is 24.9. The molecule has 0 saturated carbocycles. The number of thiophene rings is 1. The molecule has 0 N–H and O–H groups in total. The molecule has 0 unspecified atom stereocenters. The molecule has 7 heteroatoms. The lowest BCUT2D eigenvalue weighted by Crippen LogP contribution is -2.07. The lowest BCUT2D eigenvalue weighted by Gasteiger charge is -2.14. The van der Waals surface area contributed by atoms with Gasteiger partial charge in [0.05, 0.1) is 17.1 Å². The zero-order valence-electron chi connectivity index (χ0n) is 20.5. The first-order valence-corrected chi connectivity index (χ1v) is 13.8. The SMILES string of the molecule is Cc1nnc2n1-c1sc(C#CCn3c4c(c5ccccc53)CCCC4)cc1C(c1ccccc1Cl)=NC2. The van der Waals surface area contributed by atoms with E-state index in [2.05, 4.69) is 61.5 Å². The minimum absolute atomic E-state index is 0.454. The molecule has 0 saturated heterocycles. The molecule has 0 atom stereocenters. The smallest absolute Gasteiger partial charge is 0.160 e. The van der Waals surface area contributed by atoms with Crippen molar-refractivity contribution in [3.05, 3.63) is 98.5 Å². The van der Waals surface area contributed by atoms with Gasteiger partial charge in [0.25, 0.3) is 0 Å². The zero-order valence-corrected chi connectivity index (χ0v) is 22.0. The van der Waals surface area contributed by atoms with Crippen LogP contribution in [0.1, 0.15) is 51.8 Å². The maximum Gasteiger partial charge on any atom is 0.160 e. The van der Waals surface area contributed by atoms with Gasteiger partial charge in [-0.2, -0.15) is 0 Å². The quantitative estimate of drug-likeness (QED) is 0.248. The maximum atomic E-state index is 6.60. The maximum absolute atomic E-state index is 6.60. The Morgan fingerprint density at radius 3 is 2.76 bits per heavy atom. The van der Waals surface area contributed by atoms with E-state index in [-0.39, 0.29) is 0 Å². The molecule has 1 aliphatic heterocycles. The van der Waals surface area contributed by atoms with E-state index in [1.807, 2.05) is 31.2 Å². The van der Waals surface area contributed by atoms with Gasteiger partial charge in [0.2, 0.25) is 0 Å². The molecule has 0 spiro atoms. The van der Waals surface area contributed by atoms with Gasteiger partial charge in [0.15, 0.2) is 5.82 Å². The summed E-state index contributed by atoms with van der Waals surface area (Å²) in [4.78, 5) is 5.93. The Hall–Kier alpha value is -3.66. The van der Waals surface area contributed by atoms with Crippen molar-refractivity contribution in [1.82, 2.24) is 19.3 Å². The number of benzene rings is 2. The normalized spacial score (nSPS) is 14.3. The summed E-state index contributed by atoms with van der Waals surface area (Å²) in [7, 11) is 0. The van der Waals surface area contributed by atoms with E-state index in [9.17, 15) is 0 Å². The largest absolute Gasteiger partial charge is 0.333 e. The Morgan fingerprint density at radius 2 is 1.84 bits per heavy atom. The molecular formula is C30H24ClN5S. The number of hydrogen-bond acceptors (Lipinski definition) is 4. The highest BCUT2D eigenvalue weighted by atomic mass is 35.5. The molecule has 1 aliphatic carbocycles. The summed E-state index contributed by atoms with van der Waals surface area (Å²) in [5, 5.41) is 11.8. The third-order valence-corrected chi connectivity index (χ3v) is 8.67. The average molecular weight is 522 g/mol. The number of hydrogen-bond donors (Lipinski definition) is 0. The summed E-state index contributed by atoms with van der Waals surface area (Å²) < 4.78 is 4.53. The minimum Gasteiger partial charge on any atom is -0.333 e. The highest BCUT2D eigenvalue weighted by Crippen LogP contribution is 2.35. The van der Waals surface area contributed by atoms with Gasteiger partial charge in [-0.15, -0.1) is 21.5 Å². The summed E-state index contributed by atoms with van der Waals surface area (Å²) in [6, 6.07) is 18.8. The average Bonchev–Trinajstić information content (AvgIpc) is 3.56.